The summed E-state index contributed by atoms with van der Waals surface area (Å²) in [7, 11) is 0. The molecule has 1 unspecified atom stereocenters. The highest BCUT2D eigenvalue weighted by Crippen LogP contribution is 2.34. The number of nitrogens with one attached hydrogen (secondary N) is 2. The van der Waals surface area contributed by atoms with Crippen LogP contribution in [0.4, 0.5) is 0 Å². The van der Waals surface area contributed by atoms with Crippen LogP contribution in [-0.2, 0) is 0 Å². The van der Waals surface area contributed by atoms with Crippen LogP contribution in [-0.4, -0.2) is 43.6 Å². The zero-order valence-electron chi connectivity index (χ0n) is 17.4. The van der Waals surface area contributed by atoms with Crippen LogP contribution in [0, 0.1) is 6.92 Å². The van der Waals surface area contributed by atoms with Gasteiger partial charge in [0.15, 0.2) is 0 Å². The molecule has 2 saturated heterocycles. The summed E-state index contributed by atoms with van der Waals surface area (Å²) in [5, 5.41) is 21.0. The summed E-state index contributed by atoms with van der Waals surface area (Å²) in [6.45, 7) is 2.00. The maximum Gasteiger partial charge on any atom is 0.233 e. The molecule has 2 aliphatic heterocycles. The number of aromatic amines is 1. The number of nitrogens with zero attached hydrogens (tertiary/aromatic N) is 4. The summed E-state index contributed by atoms with van der Waals surface area (Å²) in [6, 6.07) is 13.4. The standard InChI is InChI=1S/C24H24N6O/c1-14-10-15(8-9-25-14)19-4-5-20(24-21(19)13-26-30-24)22-6-7-23(29-28-22)31-18-11-16-2-3-17(12-18)27-16/h4-10,13,16-18,27H,2-3,11-12H2,1H3,(H,26,30)/t16-,17+,18?. The van der Waals surface area contributed by atoms with Crippen molar-refractivity contribution in [2.75, 3.05) is 0 Å². The number of ether oxygens (including phenoxy) is 1. The predicted molar refractivity (Wildman–Crippen MR) is 119 cm³/mol. The van der Waals surface area contributed by atoms with Gasteiger partial charge in [-0.25, -0.2) is 0 Å². The van der Waals surface area contributed by atoms with E-state index in [1.54, 1.807) is 0 Å². The molecule has 0 saturated carbocycles. The molecule has 31 heavy (non-hydrogen) atoms. The van der Waals surface area contributed by atoms with Crippen molar-refractivity contribution < 1.29 is 4.74 Å². The highest BCUT2D eigenvalue weighted by Gasteiger charge is 2.34. The van der Waals surface area contributed by atoms with Gasteiger partial charge in [0.25, 0.3) is 0 Å². The Kier molecular flexibility index (Phi) is 4.42. The van der Waals surface area contributed by atoms with Crippen LogP contribution in [0.5, 0.6) is 5.88 Å². The normalized spacial score (nSPS) is 22.7. The van der Waals surface area contributed by atoms with E-state index in [2.05, 4.69) is 48.9 Å². The van der Waals surface area contributed by atoms with Crippen LogP contribution in [0.15, 0.2) is 48.8 Å². The predicted octanol–water partition coefficient (Wildman–Crippen LogP) is 4.05. The Labute approximate surface area is 180 Å². The SMILES string of the molecule is Cc1cc(-c2ccc(-c3ccc(OC4C[C@H]5CC[C@@H](C4)N5)nn3)c3[nH]ncc23)ccn1. The molecule has 5 heterocycles. The first-order chi connectivity index (χ1) is 15.2. The Morgan fingerprint density at radius 1 is 0.968 bits per heavy atom. The largest absolute Gasteiger partial charge is 0.473 e. The zero-order valence-corrected chi connectivity index (χ0v) is 17.4. The smallest absolute Gasteiger partial charge is 0.233 e. The molecule has 7 nitrogen and oxygen atoms in total. The molecule has 0 amide bonds. The van der Waals surface area contributed by atoms with Crippen LogP contribution in [0.3, 0.4) is 0 Å². The number of pyridine rings is 1. The van der Waals surface area contributed by atoms with E-state index >= 15 is 0 Å². The van der Waals surface area contributed by atoms with Crippen molar-refractivity contribution in [2.45, 2.75) is 50.8 Å². The highest BCUT2D eigenvalue weighted by molar-refractivity contribution is 6.01. The lowest BCUT2D eigenvalue weighted by Gasteiger charge is -2.28. The lowest BCUT2D eigenvalue weighted by molar-refractivity contribution is 0.130. The number of H-pyrrole nitrogens is 1. The van der Waals surface area contributed by atoms with Gasteiger partial charge < -0.3 is 10.1 Å². The second kappa shape index (κ2) is 7.42. The van der Waals surface area contributed by atoms with Gasteiger partial charge in [-0.2, -0.15) is 5.10 Å². The van der Waals surface area contributed by atoms with Gasteiger partial charge in [0.05, 0.1) is 17.4 Å². The van der Waals surface area contributed by atoms with Crippen LogP contribution in [0.1, 0.15) is 31.4 Å². The van der Waals surface area contributed by atoms with Crippen LogP contribution in [0.25, 0.3) is 33.3 Å². The summed E-state index contributed by atoms with van der Waals surface area (Å²) in [6.07, 6.45) is 8.52. The monoisotopic (exact) mass is 412 g/mol. The van der Waals surface area contributed by atoms with Gasteiger partial charge in [0.2, 0.25) is 5.88 Å². The Bertz CT molecular complexity index is 1220. The van der Waals surface area contributed by atoms with Crippen LogP contribution in [0.2, 0.25) is 0 Å². The second-order valence-electron chi connectivity index (χ2n) is 8.61. The maximum atomic E-state index is 6.15. The number of fused-ring (bicyclic) bond motifs is 3. The first-order valence-electron chi connectivity index (χ1n) is 10.9. The van der Waals surface area contributed by atoms with Crippen molar-refractivity contribution in [1.82, 2.24) is 30.7 Å². The number of aromatic nitrogens is 5. The molecule has 3 atom stereocenters. The molecule has 156 valence electrons. The molecule has 6 rings (SSSR count). The quantitative estimate of drug-likeness (QED) is 0.526. The van der Waals surface area contributed by atoms with Gasteiger partial charge in [0.1, 0.15) is 6.10 Å². The molecule has 0 radical (unpaired) electrons. The molecule has 2 N–H and O–H groups in total. The van der Waals surface area contributed by atoms with E-state index in [1.165, 1.54) is 12.8 Å². The molecule has 4 aromatic rings. The lowest BCUT2D eigenvalue weighted by atomic mass is 9.98. The number of hydrogen-bond acceptors (Lipinski definition) is 6. The number of benzene rings is 1. The summed E-state index contributed by atoms with van der Waals surface area (Å²) in [4.78, 5) is 4.30. The third kappa shape index (κ3) is 3.45. The maximum absolute atomic E-state index is 6.15. The number of hydrogen-bond donors (Lipinski definition) is 2. The molecule has 7 heteroatoms. The molecule has 2 fully saturated rings. The summed E-state index contributed by atoms with van der Waals surface area (Å²) in [5.41, 5.74) is 5.94. The molecule has 1 aromatic carbocycles. The molecule has 2 bridgehead atoms. The molecular weight excluding hydrogens is 388 g/mol. The van der Waals surface area contributed by atoms with Crippen molar-refractivity contribution >= 4 is 10.9 Å². The van der Waals surface area contributed by atoms with Crippen molar-refractivity contribution in [3.05, 3.63) is 54.5 Å². The van der Waals surface area contributed by atoms with E-state index in [4.69, 9.17) is 4.74 Å². The van der Waals surface area contributed by atoms with E-state index in [0.29, 0.717) is 18.0 Å². The Morgan fingerprint density at radius 3 is 2.58 bits per heavy atom. The Balaban J connectivity index is 1.28. The van der Waals surface area contributed by atoms with Gasteiger partial charge in [0, 0.05) is 41.0 Å². The molecule has 0 aliphatic carbocycles. The minimum absolute atomic E-state index is 0.223. The minimum atomic E-state index is 0.223. The highest BCUT2D eigenvalue weighted by atomic mass is 16.5. The average Bonchev–Trinajstić information content (AvgIpc) is 3.40. The van der Waals surface area contributed by atoms with Crippen LogP contribution < -0.4 is 10.1 Å². The zero-order chi connectivity index (χ0) is 20.8. The van der Waals surface area contributed by atoms with E-state index in [-0.39, 0.29) is 6.10 Å². The molecule has 0 spiro atoms. The van der Waals surface area contributed by atoms with Crippen molar-refractivity contribution in [1.29, 1.82) is 0 Å². The van der Waals surface area contributed by atoms with E-state index < -0.39 is 0 Å². The summed E-state index contributed by atoms with van der Waals surface area (Å²) < 4.78 is 6.15. The first kappa shape index (κ1) is 18.4. The van der Waals surface area contributed by atoms with Gasteiger partial charge in [-0.15, -0.1) is 10.2 Å². The Hall–Kier alpha value is -3.32. The van der Waals surface area contributed by atoms with E-state index in [1.807, 2.05) is 37.5 Å². The summed E-state index contributed by atoms with van der Waals surface area (Å²) >= 11 is 0. The Morgan fingerprint density at radius 2 is 1.81 bits per heavy atom. The average molecular weight is 412 g/mol. The van der Waals surface area contributed by atoms with E-state index in [0.717, 1.165) is 51.8 Å². The molecular formula is C24H24N6O. The number of aryl methyl sites for hydroxylation is 1. The minimum Gasteiger partial charge on any atom is -0.473 e. The molecule has 3 aromatic heterocycles. The van der Waals surface area contributed by atoms with Gasteiger partial charge in [-0.3, -0.25) is 10.1 Å². The van der Waals surface area contributed by atoms with Crippen LogP contribution >= 0.6 is 0 Å². The lowest BCUT2D eigenvalue weighted by Crippen LogP contribution is -2.42. The third-order valence-corrected chi connectivity index (χ3v) is 6.46. The van der Waals surface area contributed by atoms with Gasteiger partial charge in [-0.1, -0.05) is 6.07 Å². The van der Waals surface area contributed by atoms with Crippen molar-refractivity contribution in [3.63, 3.8) is 0 Å². The van der Waals surface area contributed by atoms with Gasteiger partial charge in [-0.05, 0) is 68.0 Å². The second-order valence-corrected chi connectivity index (χ2v) is 8.61. The van der Waals surface area contributed by atoms with Crippen molar-refractivity contribution in [2.24, 2.45) is 0 Å². The van der Waals surface area contributed by atoms with Gasteiger partial charge >= 0.3 is 0 Å². The fraction of sp³-hybridized carbons (Fsp3) is 0.333. The molecule has 2 aliphatic rings. The number of rotatable bonds is 4. The first-order valence-corrected chi connectivity index (χ1v) is 10.9. The van der Waals surface area contributed by atoms with E-state index in [9.17, 15) is 0 Å². The topological polar surface area (TPSA) is 88.6 Å². The fourth-order valence-electron chi connectivity index (χ4n) is 5.01. The summed E-state index contributed by atoms with van der Waals surface area (Å²) in [5.74, 6) is 0.597. The number of piperidine rings is 1. The van der Waals surface area contributed by atoms with Crippen molar-refractivity contribution in [3.8, 4) is 28.3 Å². The fourth-order valence-corrected chi connectivity index (χ4v) is 5.01. The third-order valence-electron chi connectivity index (χ3n) is 6.46.